The average Bonchev–Trinajstić information content (AvgIpc) is 3.32. The minimum absolute atomic E-state index is 0.209. The lowest BCUT2D eigenvalue weighted by Gasteiger charge is -2.21. The highest BCUT2D eigenvalue weighted by atomic mass is 32.1. The lowest BCUT2D eigenvalue weighted by molar-refractivity contribution is -0.121. The van der Waals surface area contributed by atoms with Crippen molar-refractivity contribution in [1.82, 2.24) is 25.5 Å². The van der Waals surface area contributed by atoms with Crippen LogP contribution in [0.1, 0.15) is 11.3 Å². The number of thiophene rings is 1. The number of hydrogen-bond acceptors (Lipinski definition) is 6. The predicted molar refractivity (Wildman–Crippen MR) is 114 cm³/mol. The molecule has 0 saturated carbocycles. The molecule has 1 saturated heterocycles. The number of rotatable bonds is 5. The van der Waals surface area contributed by atoms with Gasteiger partial charge in [0.2, 0.25) is 11.9 Å². The van der Waals surface area contributed by atoms with Crippen LogP contribution in [0.5, 0.6) is 0 Å². The number of nitrogens with zero attached hydrogens (tertiary/aromatic N) is 3. The van der Waals surface area contributed by atoms with E-state index in [1.165, 1.54) is 0 Å². The second-order valence-corrected chi connectivity index (χ2v) is 8.04. The number of hydrogen-bond donors (Lipinski definition) is 3. The van der Waals surface area contributed by atoms with Crippen molar-refractivity contribution in [3.05, 3.63) is 46.7 Å². The van der Waals surface area contributed by atoms with Crippen LogP contribution in [0, 0.1) is 0 Å². The Hall–Kier alpha value is -2.91. The van der Waals surface area contributed by atoms with Crippen molar-refractivity contribution in [2.45, 2.75) is 13.0 Å². The first-order chi connectivity index (χ1) is 14.2. The predicted octanol–water partition coefficient (Wildman–Crippen LogP) is 2.16. The van der Waals surface area contributed by atoms with Gasteiger partial charge in [0.1, 0.15) is 0 Å². The number of amides is 3. The van der Waals surface area contributed by atoms with E-state index in [4.69, 9.17) is 0 Å². The SMILES string of the molecule is O=C(CN1CCCN(c2nc3ccccc3[nH]2)CC1)NC(=O)NCc1cccs1. The Bertz CT molecular complexity index is 937. The minimum atomic E-state index is -0.456. The molecule has 1 aliphatic rings. The number of benzene rings is 1. The van der Waals surface area contributed by atoms with Crippen LogP contribution in [0.4, 0.5) is 10.7 Å². The number of imide groups is 1. The van der Waals surface area contributed by atoms with Gasteiger partial charge < -0.3 is 15.2 Å². The molecular formula is C20H24N6O2S. The topological polar surface area (TPSA) is 93.4 Å². The molecule has 0 radical (unpaired) electrons. The van der Waals surface area contributed by atoms with Crippen LogP contribution in [0.25, 0.3) is 11.0 Å². The van der Waals surface area contributed by atoms with Crippen LogP contribution in [-0.4, -0.2) is 59.5 Å². The molecular weight excluding hydrogens is 388 g/mol. The second kappa shape index (κ2) is 9.06. The number of aromatic amines is 1. The number of urea groups is 1. The van der Waals surface area contributed by atoms with Gasteiger partial charge in [-0.1, -0.05) is 18.2 Å². The van der Waals surface area contributed by atoms with E-state index in [0.717, 1.165) is 54.5 Å². The van der Waals surface area contributed by atoms with Gasteiger partial charge in [0.25, 0.3) is 0 Å². The second-order valence-electron chi connectivity index (χ2n) is 7.00. The molecule has 3 heterocycles. The van der Waals surface area contributed by atoms with Crippen LogP contribution in [0.3, 0.4) is 0 Å². The third-order valence-corrected chi connectivity index (χ3v) is 5.76. The number of imidazole rings is 1. The third kappa shape index (κ3) is 5.12. The van der Waals surface area contributed by atoms with Crippen LogP contribution < -0.4 is 15.5 Å². The fourth-order valence-electron chi connectivity index (χ4n) is 3.42. The molecule has 9 heteroatoms. The summed E-state index contributed by atoms with van der Waals surface area (Å²) in [7, 11) is 0. The molecule has 0 spiro atoms. The van der Waals surface area contributed by atoms with E-state index in [2.05, 4.69) is 30.4 Å². The Morgan fingerprint density at radius 2 is 2.00 bits per heavy atom. The van der Waals surface area contributed by atoms with E-state index >= 15 is 0 Å². The van der Waals surface area contributed by atoms with Gasteiger partial charge in [0, 0.05) is 31.1 Å². The molecule has 3 amide bonds. The Kier molecular flexibility index (Phi) is 6.06. The van der Waals surface area contributed by atoms with Gasteiger partial charge in [-0.15, -0.1) is 11.3 Å². The first-order valence-corrected chi connectivity index (χ1v) is 10.6. The average molecular weight is 413 g/mol. The fourth-order valence-corrected chi connectivity index (χ4v) is 4.07. The summed E-state index contributed by atoms with van der Waals surface area (Å²) < 4.78 is 0. The number of carbonyl (C=O) groups excluding carboxylic acids is 2. The molecule has 3 aromatic rings. The summed E-state index contributed by atoms with van der Waals surface area (Å²) >= 11 is 1.57. The number of fused-ring (bicyclic) bond motifs is 1. The van der Waals surface area contributed by atoms with Crippen molar-refractivity contribution in [2.75, 3.05) is 37.6 Å². The molecule has 29 heavy (non-hydrogen) atoms. The largest absolute Gasteiger partial charge is 0.341 e. The van der Waals surface area contributed by atoms with E-state index in [1.807, 2.05) is 41.8 Å². The van der Waals surface area contributed by atoms with E-state index < -0.39 is 6.03 Å². The summed E-state index contributed by atoms with van der Waals surface area (Å²) in [6.45, 7) is 3.83. The summed E-state index contributed by atoms with van der Waals surface area (Å²) in [5.74, 6) is 0.580. The summed E-state index contributed by atoms with van der Waals surface area (Å²) in [5, 5.41) is 7.07. The summed E-state index contributed by atoms with van der Waals surface area (Å²) in [6, 6.07) is 11.4. The zero-order valence-electron chi connectivity index (χ0n) is 16.1. The summed E-state index contributed by atoms with van der Waals surface area (Å²) in [4.78, 5) is 37.5. The minimum Gasteiger partial charge on any atom is -0.341 e. The molecule has 2 aromatic heterocycles. The quantitative estimate of drug-likeness (QED) is 0.597. The van der Waals surface area contributed by atoms with E-state index in [-0.39, 0.29) is 12.5 Å². The molecule has 1 fully saturated rings. The van der Waals surface area contributed by atoms with Gasteiger partial charge in [0.05, 0.1) is 24.1 Å². The number of H-pyrrole nitrogens is 1. The molecule has 4 rings (SSSR count). The lowest BCUT2D eigenvalue weighted by Crippen LogP contribution is -2.45. The van der Waals surface area contributed by atoms with Crippen molar-refractivity contribution in [2.24, 2.45) is 0 Å². The van der Waals surface area contributed by atoms with Gasteiger partial charge in [0.15, 0.2) is 0 Å². The Balaban J connectivity index is 1.25. The first-order valence-electron chi connectivity index (χ1n) is 9.69. The highest BCUT2D eigenvalue weighted by Gasteiger charge is 2.20. The maximum absolute atomic E-state index is 12.2. The molecule has 1 aliphatic heterocycles. The number of carbonyl (C=O) groups is 2. The number of anilines is 1. The fraction of sp³-hybridized carbons (Fsp3) is 0.350. The highest BCUT2D eigenvalue weighted by molar-refractivity contribution is 7.09. The lowest BCUT2D eigenvalue weighted by atomic mass is 10.3. The van der Waals surface area contributed by atoms with Crippen molar-refractivity contribution < 1.29 is 9.59 Å². The molecule has 3 N–H and O–H groups in total. The number of nitrogens with one attached hydrogen (secondary N) is 3. The molecule has 1 aromatic carbocycles. The third-order valence-electron chi connectivity index (χ3n) is 4.89. The summed E-state index contributed by atoms with van der Waals surface area (Å²) in [5.41, 5.74) is 1.98. The standard InChI is InChI=1S/C20H24N6O2S/c27-18(24-20(28)21-13-15-5-3-12-29-15)14-25-8-4-9-26(11-10-25)19-22-16-6-1-2-7-17(16)23-19/h1-3,5-7,12H,4,8-11,13-14H2,(H,22,23)(H2,21,24,27,28). The maximum atomic E-state index is 12.2. The smallest absolute Gasteiger partial charge is 0.321 e. The monoisotopic (exact) mass is 412 g/mol. The van der Waals surface area contributed by atoms with Crippen LogP contribution in [0.2, 0.25) is 0 Å². The van der Waals surface area contributed by atoms with E-state index in [9.17, 15) is 9.59 Å². The van der Waals surface area contributed by atoms with Gasteiger partial charge >= 0.3 is 6.03 Å². The molecule has 0 aliphatic carbocycles. The first kappa shape index (κ1) is 19.4. The zero-order chi connectivity index (χ0) is 20.1. The number of aromatic nitrogens is 2. The van der Waals surface area contributed by atoms with Crippen molar-refractivity contribution >= 4 is 40.3 Å². The normalized spacial score (nSPS) is 15.2. The van der Waals surface area contributed by atoms with Crippen LogP contribution in [-0.2, 0) is 11.3 Å². The van der Waals surface area contributed by atoms with Gasteiger partial charge in [-0.3, -0.25) is 15.0 Å². The molecule has 152 valence electrons. The zero-order valence-corrected chi connectivity index (χ0v) is 16.9. The van der Waals surface area contributed by atoms with Gasteiger partial charge in [-0.05, 0) is 30.0 Å². The van der Waals surface area contributed by atoms with Gasteiger partial charge in [-0.2, -0.15) is 0 Å². The Labute approximate surface area is 172 Å². The van der Waals surface area contributed by atoms with Crippen molar-refractivity contribution in [1.29, 1.82) is 0 Å². The molecule has 0 bridgehead atoms. The molecule has 0 atom stereocenters. The van der Waals surface area contributed by atoms with Gasteiger partial charge in [-0.25, -0.2) is 9.78 Å². The van der Waals surface area contributed by atoms with Crippen molar-refractivity contribution in [3.63, 3.8) is 0 Å². The molecule has 0 unspecified atom stereocenters. The van der Waals surface area contributed by atoms with Crippen molar-refractivity contribution in [3.8, 4) is 0 Å². The van der Waals surface area contributed by atoms with Crippen LogP contribution >= 0.6 is 11.3 Å². The van der Waals surface area contributed by atoms with E-state index in [0.29, 0.717) is 6.54 Å². The Morgan fingerprint density at radius 3 is 2.83 bits per heavy atom. The van der Waals surface area contributed by atoms with E-state index in [1.54, 1.807) is 11.3 Å². The highest BCUT2D eigenvalue weighted by Crippen LogP contribution is 2.18. The van der Waals surface area contributed by atoms with Crippen LogP contribution in [0.15, 0.2) is 41.8 Å². The number of para-hydroxylation sites is 2. The molecule has 8 nitrogen and oxygen atoms in total. The summed E-state index contributed by atoms with van der Waals surface area (Å²) in [6.07, 6.45) is 0.925. The maximum Gasteiger partial charge on any atom is 0.321 e. The Morgan fingerprint density at radius 1 is 1.10 bits per heavy atom.